The molecular weight excluding hydrogens is 418 g/mol. The van der Waals surface area contributed by atoms with Crippen LogP contribution < -0.4 is 37.7 Å². The Kier molecular flexibility index (Phi) is 20.2. The van der Waals surface area contributed by atoms with Gasteiger partial charge in [0.25, 0.3) is 0 Å². The third-order valence-corrected chi connectivity index (χ3v) is 24.1. The second-order valence-electron chi connectivity index (χ2n) is 10.9. The summed E-state index contributed by atoms with van der Waals surface area (Å²) in [6, 6.07) is 0. The molecular formula is C22H50B2Li2P2Si2. The maximum absolute atomic E-state index is 7.26. The van der Waals surface area contributed by atoms with Crippen LogP contribution in [0.4, 0.5) is 0 Å². The maximum atomic E-state index is 7.26. The van der Waals surface area contributed by atoms with Gasteiger partial charge in [0, 0.05) is 0 Å². The number of hydrogen-bond donors (Lipinski definition) is 0. The molecule has 8 heteroatoms. The smallest absolute Gasteiger partial charge is 0.380 e. The van der Waals surface area contributed by atoms with E-state index in [1.807, 2.05) is 10.6 Å². The molecule has 0 aromatic carbocycles. The first kappa shape index (κ1) is 37.2. The molecule has 0 aromatic rings. The second kappa shape index (κ2) is 16.3. The van der Waals surface area contributed by atoms with Crippen molar-refractivity contribution in [1.82, 2.24) is 0 Å². The van der Waals surface area contributed by atoms with E-state index in [-0.39, 0.29) is 37.7 Å². The largest absolute Gasteiger partial charge is 1.00 e. The van der Waals surface area contributed by atoms with E-state index in [4.69, 9.17) is 15.1 Å². The Balaban J connectivity index is -0.00000364. The Morgan fingerprint density at radius 2 is 0.733 bits per heavy atom. The minimum Gasteiger partial charge on any atom is -0.380 e. The summed E-state index contributed by atoms with van der Waals surface area (Å²) in [5, 5.41) is 3.66. The minimum absolute atomic E-state index is 0. The van der Waals surface area contributed by atoms with Crippen molar-refractivity contribution >= 4 is 45.6 Å². The second-order valence-corrected chi connectivity index (χ2v) is 28.9. The van der Waals surface area contributed by atoms with Crippen LogP contribution in [0.2, 0.25) is 39.3 Å². The summed E-state index contributed by atoms with van der Waals surface area (Å²) in [5.41, 5.74) is 0. The van der Waals surface area contributed by atoms with E-state index in [9.17, 15) is 0 Å². The average molecular weight is 468 g/mol. The first-order valence-electron chi connectivity index (χ1n) is 11.8. The molecule has 6 radical (unpaired) electrons. The van der Waals surface area contributed by atoms with E-state index in [0.717, 1.165) is 0 Å². The molecule has 0 aromatic heterocycles. The normalized spacial score (nSPS) is 13.4. The summed E-state index contributed by atoms with van der Waals surface area (Å²) < 4.78 is 0. The van der Waals surface area contributed by atoms with Crippen LogP contribution in [-0.4, -0.2) is 55.9 Å². The Bertz CT molecular complexity index is 392. The van der Waals surface area contributed by atoms with Crippen LogP contribution in [-0.2, 0) is 0 Å². The summed E-state index contributed by atoms with van der Waals surface area (Å²) in [4.78, 5) is 0. The predicted molar refractivity (Wildman–Crippen MR) is 148 cm³/mol. The molecule has 0 nitrogen and oxygen atoms in total. The molecule has 0 aliphatic heterocycles. The Morgan fingerprint density at radius 1 is 0.533 bits per heavy atom. The topological polar surface area (TPSA) is 0 Å². The zero-order valence-electron chi connectivity index (χ0n) is 23.1. The van der Waals surface area contributed by atoms with Crippen molar-refractivity contribution in [3.63, 3.8) is 0 Å². The van der Waals surface area contributed by atoms with Gasteiger partial charge in [0.05, 0.1) is 0 Å². The molecule has 0 atom stereocenters. The molecule has 0 saturated heterocycles. The molecule has 0 bridgehead atoms. The molecule has 0 spiro atoms. The summed E-state index contributed by atoms with van der Waals surface area (Å²) >= 11 is 0. The van der Waals surface area contributed by atoms with Crippen LogP contribution in [0.3, 0.4) is 0 Å². The first-order chi connectivity index (χ1) is 12.7. The van der Waals surface area contributed by atoms with Crippen molar-refractivity contribution in [2.24, 2.45) is 0 Å². The number of hydrogen-bond acceptors (Lipinski definition) is 0. The van der Waals surface area contributed by atoms with Crippen LogP contribution in [0.15, 0.2) is 0 Å². The molecule has 0 amide bonds. The van der Waals surface area contributed by atoms with Gasteiger partial charge in [-0.2, -0.15) is 12.8 Å². The van der Waals surface area contributed by atoms with Crippen molar-refractivity contribution in [3.8, 4) is 0 Å². The van der Waals surface area contributed by atoms with Gasteiger partial charge in [-0.15, -0.1) is 0 Å². The molecule has 0 N–H and O–H groups in total. The third-order valence-electron chi connectivity index (χ3n) is 5.90. The van der Waals surface area contributed by atoms with E-state index in [2.05, 4.69) is 67.0 Å². The average Bonchev–Trinajstić information content (AvgIpc) is 2.49. The predicted octanol–water partition coefficient (Wildman–Crippen LogP) is 2.44. The van der Waals surface area contributed by atoms with Gasteiger partial charge in [-0.05, 0) is 50.3 Å². The van der Waals surface area contributed by atoms with E-state index < -0.39 is 30.4 Å². The molecule has 164 valence electrons. The fourth-order valence-corrected chi connectivity index (χ4v) is 24.7. The standard InChI is InChI=1S/C22H50B2P2Si2.2Li/c1-11-17-25(23,18-12-2)21(27(5,6)7)15-16-22(28(8,9)10)26(24,19-13-3)20-14-4;;/h11-20H2,1-10H3;;/q-2;2*+1. The zero-order chi connectivity index (χ0) is 22.2. The van der Waals surface area contributed by atoms with E-state index in [1.165, 1.54) is 63.2 Å². The van der Waals surface area contributed by atoms with Crippen molar-refractivity contribution in [2.45, 2.75) is 106 Å². The van der Waals surface area contributed by atoms with Gasteiger partial charge < -0.3 is 29.4 Å². The molecule has 0 fully saturated rings. The zero-order valence-corrected chi connectivity index (χ0v) is 26.9. The molecule has 0 rings (SSSR count). The van der Waals surface area contributed by atoms with Gasteiger partial charge in [-0.25, -0.2) is 10.6 Å². The number of rotatable bonds is 15. The van der Waals surface area contributed by atoms with Crippen LogP contribution in [0.1, 0.15) is 66.2 Å². The van der Waals surface area contributed by atoms with E-state index in [1.54, 1.807) is 0 Å². The molecule has 0 saturated carbocycles. The van der Waals surface area contributed by atoms with Crippen LogP contribution >= 0.6 is 14.3 Å². The van der Waals surface area contributed by atoms with Gasteiger partial charge in [0.15, 0.2) is 0 Å². The Labute approximate surface area is 222 Å². The molecule has 0 aliphatic rings. The van der Waals surface area contributed by atoms with Gasteiger partial charge in [-0.1, -0.05) is 83.1 Å². The van der Waals surface area contributed by atoms with Crippen LogP contribution in [0, 0.1) is 10.6 Å². The quantitative estimate of drug-likeness (QED) is 0.197. The van der Waals surface area contributed by atoms with Crippen LogP contribution in [0.5, 0.6) is 0 Å². The fraction of sp³-hybridized carbons (Fsp3) is 0.909. The summed E-state index contributed by atoms with van der Waals surface area (Å²) in [6.45, 7) is 24.5. The van der Waals surface area contributed by atoms with Crippen molar-refractivity contribution < 1.29 is 37.7 Å². The Hall–Kier alpha value is 2.62. The summed E-state index contributed by atoms with van der Waals surface area (Å²) in [5.74, 6) is 0. The SMILES string of the molecule is [B-][P+](CCC)(CCC)[C-](CC[C-]([Si](C)(C)C)[P+]([B-])(CCC)CCC)[Si](C)(C)C.[Li+].[Li+]. The summed E-state index contributed by atoms with van der Waals surface area (Å²) in [7, 11) is 8.83. The van der Waals surface area contributed by atoms with Crippen molar-refractivity contribution in [1.29, 1.82) is 0 Å². The van der Waals surface area contributed by atoms with Gasteiger partial charge in [0.1, 0.15) is 0 Å². The molecule has 0 aliphatic carbocycles. The van der Waals surface area contributed by atoms with Gasteiger partial charge in [-0.3, -0.25) is 0 Å². The maximum Gasteiger partial charge on any atom is 1.00 e. The minimum atomic E-state index is -1.44. The van der Waals surface area contributed by atoms with Crippen molar-refractivity contribution in [3.05, 3.63) is 10.6 Å². The third kappa shape index (κ3) is 11.8. The Morgan fingerprint density at radius 3 is 0.867 bits per heavy atom. The van der Waals surface area contributed by atoms with Gasteiger partial charge >= 0.3 is 37.7 Å². The molecule has 0 unspecified atom stereocenters. The first-order valence-corrected chi connectivity index (χ1v) is 23.2. The molecule has 0 heterocycles. The van der Waals surface area contributed by atoms with E-state index in [0.29, 0.717) is 0 Å². The molecule has 30 heavy (non-hydrogen) atoms. The van der Waals surface area contributed by atoms with Gasteiger partial charge in [0.2, 0.25) is 0 Å². The van der Waals surface area contributed by atoms with Crippen LogP contribution in [0.25, 0.3) is 0 Å². The van der Waals surface area contributed by atoms with Crippen molar-refractivity contribution in [2.75, 3.05) is 24.6 Å². The monoisotopic (exact) mass is 468 g/mol. The fourth-order valence-electron chi connectivity index (χ4n) is 5.13. The van der Waals surface area contributed by atoms with E-state index >= 15 is 0 Å². The summed E-state index contributed by atoms with van der Waals surface area (Å²) in [6.07, 6.45) is 12.4.